The molecule has 1 aliphatic carbocycles. The van der Waals surface area contributed by atoms with Crippen molar-refractivity contribution in [2.24, 2.45) is 0 Å². The number of hydrogen-bond acceptors (Lipinski definition) is 1. The van der Waals surface area contributed by atoms with Crippen LogP contribution in [0.25, 0.3) is 0 Å². The zero-order chi connectivity index (χ0) is 8.72. The summed E-state index contributed by atoms with van der Waals surface area (Å²) in [7, 11) is 0. The molecule has 0 amide bonds. The summed E-state index contributed by atoms with van der Waals surface area (Å²) in [6.45, 7) is 1.94. The number of anilines is 1. The van der Waals surface area contributed by atoms with Crippen LogP contribution in [0.1, 0.15) is 29.9 Å². The monoisotopic (exact) mass is 165 g/mol. The molecule has 0 saturated heterocycles. The van der Waals surface area contributed by atoms with E-state index in [-0.39, 0.29) is 11.5 Å². The highest BCUT2D eigenvalue weighted by molar-refractivity contribution is 5.48. The van der Waals surface area contributed by atoms with Gasteiger partial charge in [0, 0.05) is 0 Å². The third-order valence-corrected chi connectivity index (χ3v) is 2.40. The molecule has 0 aliphatic heterocycles. The van der Waals surface area contributed by atoms with Gasteiger partial charge in [0.05, 0.1) is 5.69 Å². The van der Waals surface area contributed by atoms with Crippen LogP contribution >= 0.6 is 0 Å². The Morgan fingerprint density at radius 1 is 1.42 bits per heavy atom. The molecule has 0 heterocycles. The fraction of sp³-hybridized carbons (Fsp3) is 0.400. The summed E-state index contributed by atoms with van der Waals surface area (Å²) in [5, 5.41) is 0. The Balaban J connectivity index is 2.47. The van der Waals surface area contributed by atoms with E-state index in [1.807, 2.05) is 6.92 Å². The zero-order valence-electron chi connectivity index (χ0n) is 7.10. The molecule has 2 N–H and O–H groups in total. The van der Waals surface area contributed by atoms with Crippen LogP contribution in [0.15, 0.2) is 12.1 Å². The number of benzene rings is 1. The molecule has 2 heteroatoms. The summed E-state index contributed by atoms with van der Waals surface area (Å²) in [6, 6.07) is 3.31. The van der Waals surface area contributed by atoms with Crippen LogP contribution < -0.4 is 5.73 Å². The second kappa shape index (κ2) is 2.47. The van der Waals surface area contributed by atoms with Gasteiger partial charge in [0.25, 0.3) is 0 Å². The number of nitrogen functional groups attached to an aromatic ring is 1. The van der Waals surface area contributed by atoms with E-state index in [4.69, 9.17) is 5.73 Å². The van der Waals surface area contributed by atoms with E-state index in [0.717, 1.165) is 5.56 Å². The van der Waals surface area contributed by atoms with Crippen molar-refractivity contribution in [3.05, 3.63) is 29.1 Å². The fourth-order valence-electron chi connectivity index (χ4n) is 1.54. The summed E-state index contributed by atoms with van der Waals surface area (Å²) in [6.07, 6.45) is 2.46. The quantitative estimate of drug-likeness (QED) is 0.636. The number of halogens is 1. The van der Waals surface area contributed by atoms with Crippen molar-refractivity contribution < 1.29 is 4.39 Å². The van der Waals surface area contributed by atoms with Gasteiger partial charge in [0.1, 0.15) is 5.82 Å². The molecule has 1 fully saturated rings. The van der Waals surface area contributed by atoms with Crippen molar-refractivity contribution in [1.29, 1.82) is 0 Å². The maximum Gasteiger partial charge on any atom is 0.146 e. The average molecular weight is 165 g/mol. The third kappa shape index (κ3) is 1.17. The minimum absolute atomic E-state index is 0.280. The molecule has 1 nitrogen and oxygen atoms in total. The van der Waals surface area contributed by atoms with Gasteiger partial charge < -0.3 is 5.73 Å². The minimum Gasteiger partial charge on any atom is -0.396 e. The van der Waals surface area contributed by atoms with Crippen molar-refractivity contribution in [2.75, 3.05) is 5.73 Å². The molecule has 0 radical (unpaired) electrons. The Labute approximate surface area is 71.4 Å². The number of nitrogens with two attached hydrogens (primary N) is 1. The lowest BCUT2D eigenvalue weighted by atomic mass is 10.0. The molecule has 64 valence electrons. The van der Waals surface area contributed by atoms with E-state index in [1.54, 1.807) is 6.07 Å². The molecule has 0 atom stereocenters. The molecule has 12 heavy (non-hydrogen) atoms. The van der Waals surface area contributed by atoms with Crippen molar-refractivity contribution in [3.63, 3.8) is 0 Å². The van der Waals surface area contributed by atoms with Gasteiger partial charge in [0.2, 0.25) is 0 Å². The zero-order valence-corrected chi connectivity index (χ0v) is 7.10. The topological polar surface area (TPSA) is 26.0 Å². The standard InChI is InChI=1S/C10H12FN/c1-6-4-9(11)10(12)5-8(6)7-2-3-7/h4-5,7H,2-3,12H2,1H3. The Morgan fingerprint density at radius 3 is 2.67 bits per heavy atom. The van der Waals surface area contributed by atoms with Crippen LogP contribution in [0.2, 0.25) is 0 Å². The van der Waals surface area contributed by atoms with E-state index in [1.165, 1.54) is 24.5 Å². The molecule has 0 unspecified atom stereocenters. The van der Waals surface area contributed by atoms with Crippen LogP contribution in [0, 0.1) is 12.7 Å². The van der Waals surface area contributed by atoms with Gasteiger partial charge in [0.15, 0.2) is 0 Å². The highest BCUT2D eigenvalue weighted by Gasteiger charge is 2.25. The smallest absolute Gasteiger partial charge is 0.146 e. The van der Waals surface area contributed by atoms with Gasteiger partial charge in [-0.2, -0.15) is 0 Å². The first-order chi connectivity index (χ1) is 5.68. The van der Waals surface area contributed by atoms with Crippen molar-refractivity contribution in [1.82, 2.24) is 0 Å². The molecule has 1 aromatic carbocycles. The van der Waals surface area contributed by atoms with E-state index in [9.17, 15) is 4.39 Å². The van der Waals surface area contributed by atoms with Crippen LogP contribution in [0.5, 0.6) is 0 Å². The average Bonchev–Trinajstić information content (AvgIpc) is 2.79. The summed E-state index contributed by atoms with van der Waals surface area (Å²) in [4.78, 5) is 0. The largest absolute Gasteiger partial charge is 0.396 e. The Hall–Kier alpha value is -1.05. The fourth-order valence-corrected chi connectivity index (χ4v) is 1.54. The van der Waals surface area contributed by atoms with E-state index >= 15 is 0 Å². The van der Waals surface area contributed by atoms with E-state index in [0.29, 0.717) is 5.92 Å². The van der Waals surface area contributed by atoms with Crippen LogP contribution in [-0.2, 0) is 0 Å². The number of hydrogen-bond donors (Lipinski definition) is 1. The second-order valence-corrected chi connectivity index (χ2v) is 3.50. The molecular weight excluding hydrogens is 153 g/mol. The molecular formula is C10H12FN. The molecule has 1 aliphatic rings. The minimum atomic E-state index is -0.295. The van der Waals surface area contributed by atoms with Crippen molar-refractivity contribution in [2.45, 2.75) is 25.7 Å². The lowest BCUT2D eigenvalue weighted by Crippen LogP contribution is -1.95. The lowest BCUT2D eigenvalue weighted by molar-refractivity contribution is 0.630. The Kier molecular flexibility index (Phi) is 1.56. The first kappa shape index (κ1) is 7.59. The first-order valence-corrected chi connectivity index (χ1v) is 4.24. The second-order valence-electron chi connectivity index (χ2n) is 3.50. The highest BCUT2D eigenvalue weighted by atomic mass is 19.1. The van der Waals surface area contributed by atoms with Crippen LogP contribution in [0.4, 0.5) is 10.1 Å². The normalized spacial score (nSPS) is 16.5. The van der Waals surface area contributed by atoms with Gasteiger partial charge in [-0.1, -0.05) is 0 Å². The molecule has 0 bridgehead atoms. The molecule has 1 saturated carbocycles. The SMILES string of the molecule is Cc1cc(F)c(N)cc1C1CC1. The highest BCUT2D eigenvalue weighted by Crippen LogP contribution is 2.42. The molecule has 0 aromatic heterocycles. The third-order valence-electron chi connectivity index (χ3n) is 2.40. The first-order valence-electron chi connectivity index (χ1n) is 4.24. The summed E-state index contributed by atoms with van der Waals surface area (Å²) >= 11 is 0. The van der Waals surface area contributed by atoms with Gasteiger partial charge in [-0.15, -0.1) is 0 Å². The summed E-state index contributed by atoms with van der Waals surface area (Å²) in [5.41, 5.74) is 8.02. The predicted octanol–water partition coefficient (Wildman–Crippen LogP) is 2.59. The van der Waals surface area contributed by atoms with Gasteiger partial charge in [-0.3, -0.25) is 0 Å². The van der Waals surface area contributed by atoms with Crippen molar-refractivity contribution >= 4 is 5.69 Å². The van der Waals surface area contributed by atoms with E-state index < -0.39 is 0 Å². The van der Waals surface area contributed by atoms with Gasteiger partial charge in [-0.25, -0.2) is 4.39 Å². The predicted molar refractivity (Wildman–Crippen MR) is 47.5 cm³/mol. The number of rotatable bonds is 1. The van der Waals surface area contributed by atoms with Gasteiger partial charge in [-0.05, 0) is 48.9 Å². The maximum absolute atomic E-state index is 12.9. The van der Waals surface area contributed by atoms with Crippen LogP contribution in [0.3, 0.4) is 0 Å². The summed E-state index contributed by atoms with van der Waals surface area (Å²) < 4.78 is 12.9. The molecule has 0 spiro atoms. The summed E-state index contributed by atoms with van der Waals surface area (Å²) in [5.74, 6) is 0.352. The van der Waals surface area contributed by atoms with Gasteiger partial charge >= 0.3 is 0 Å². The lowest BCUT2D eigenvalue weighted by Gasteiger charge is -2.05. The molecule has 2 rings (SSSR count). The Morgan fingerprint density at radius 2 is 2.08 bits per heavy atom. The maximum atomic E-state index is 12.9. The Bertz CT molecular complexity index is 316. The number of aryl methyl sites for hydroxylation is 1. The van der Waals surface area contributed by atoms with Crippen molar-refractivity contribution in [3.8, 4) is 0 Å². The molecule has 1 aromatic rings. The van der Waals surface area contributed by atoms with E-state index in [2.05, 4.69) is 0 Å². The van der Waals surface area contributed by atoms with Crippen LogP contribution in [-0.4, -0.2) is 0 Å².